The Morgan fingerprint density at radius 3 is 2.53 bits per heavy atom. The topological polar surface area (TPSA) is 61.4 Å². The molecule has 0 atom stereocenters. The number of benzene rings is 1. The maximum Gasteiger partial charge on any atom is 0.319 e. The third-order valence-electron chi connectivity index (χ3n) is 3.55. The molecule has 0 unspecified atom stereocenters. The van der Waals surface area contributed by atoms with Crippen LogP contribution in [0, 0.1) is 6.92 Å². The smallest absolute Gasteiger partial charge is 0.319 e. The van der Waals surface area contributed by atoms with Crippen molar-refractivity contribution in [3.63, 3.8) is 0 Å². The van der Waals surface area contributed by atoms with Crippen LogP contribution in [0.5, 0.6) is 0 Å². The number of nitrogens with one attached hydrogen (secondary N) is 2. The molecule has 0 spiro atoms. The molecule has 1 aromatic carbocycles. The third-order valence-corrected chi connectivity index (χ3v) is 3.96. The monoisotopic (exact) mass is 284 g/mol. The maximum absolute atomic E-state index is 12.0. The lowest BCUT2D eigenvalue weighted by Crippen LogP contribution is -2.52. The first-order valence-corrected chi connectivity index (χ1v) is 6.81. The van der Waals surface area contributed by atoms with Gasteiger partial charge < -0.3 is 15.7 Å². The van der Waals surface area contributed by atoms with Gasteiger partial charge in [0.05, 0.1) is 12.1 Å². The Morgan fingerprint density at radius 1 is 1.37 bits per heavy atom. The molecule has 19 heavy (non-hydrogen) atoms. The van der Waals surface area contributed by atoms with E-state index in [1.807, 2.05) is 20.8 Å². The van der Waals surface area contributed by atoms with Gasteiger partial charge in [-0.05, 0) is 37.5 Å². The van der Waals surface area contributed by atoms with Crippen molar-refractivity contribution in [2.45, 2.75) is 39.2 Å². The molecule has 0 aliphatic carbocycles. The molecule has 0 aliphatic heterocycles. The highest BCUT2D eigenvalue weighted by Gasteiger charge is 2.27. The molecule has 1 rings (SSSR count). The zero-order chi connectivity index (χ0) is 14.5. The van der Waals surface area contributed by atoms with Crippen LogP contribution in [0.3, 0.4) is 0 Å². The average Bonchev–Trinajstić information content (AvgIpc) is 2.41. The molecular weight excluding hydrogens is 264 g/mol. The van der Waals surface area contributed by atoms with Crippen LogP contribution in [0.15, 0.2) is 18.2 Å². The second-order valence-corrected chi connectivity index (χ2v) is 5.04. The summed E-state index contributed by atoms with van der Waals surface area (Å²) in [5.74, 6) is 0. The molecule has 0 saturated heterocycles. The van der Waals surface area contributed by atoms with E-state index in [4.69, 9.17) is 11.6 Å². The van der Waals surface area contributed by atoms with Crippen LogP contribution in [-0.4, -0.2) is 23.3 Å². The minimum Gasteiger partial charge on any atom is -0.394 e. The van der Waals surface area contributed by atoms with E-state index in [1.54, 1.807) is 18.2 Å². The minimum absolute atomic E-state index is 0.0814. The van der Waals surface area contributed by atoms with Crippen molar-refractivity contribution in [3.05, 3.63) is 28.8 Å². The van der Waals surface area contributed by atoms with Crippen LogP contribution in [0.4, 0.5) is 10.5 Å². The summed E-state index contributed by atoms with van der Waals surface area (Å²) in [6.07, 6.45) is 1.34. The Hall–Kier alpha value is -1.26. The SMILES string of the molecule is CCC(CC)(CO)NC(=O)Nc1cccc(Cl)c1C. The predicted molar refractivity (Wildman–Crippen MR) is 78.7 cm³/mol. The molecule has 0 aliphatic rings. The molecule has 1 aromatic rings. The molecule has 0 fully saturated rings. The lowest BCUT2D eigenvalue weighted by Gasteiger charge is -2.30. The highest BCUT2D eigenvalue weighted by Crippen LogP contribution is 2.23. The normalized spacial score (nSPS) is 11.2. The highest BCUT2D eigenvalue weighted by atomic mass is 35.5. The number of aliphatic hydroxyl groups is 1. The van der Waals surface area contributed by atoms with Gasteiger partial charge in [0.15, 0.2) is 0 Å². The first-order valence-electron chi connectivity index (χ1n) is 6.43. The Kier molecular flexibility index (Phi) is 5.63. The number of aliphatic hydroxyl groups excluding tert-OH is 1. The molecule has 106 valence electrons. The number of hydrogen-bond acceptors (Lipinski definition) is 2. The largest absolute Gasteiger partial charge is 0.394 e. The van der Waals surface area contributed by atoms with Crippen molar-refractivity contribution in [3.8, 4) is 0 Å². The summed E-state index contributed by atoms with van der Waals surface area (Å²) in [4.78, 5) is 12.0. The second-order valence-electron chi connectivity index (χ2n) is 4.64. The Labute approximate surface area is 119 Å². The van der Waals surface area contributed by atoms with Crippen molar-refractivity contribution < 1.29 is 9.90 Å². The molecular formula is C14H21ClN2O2. The molecule has 0 radical (unpaired) electrons. The molecule has 2 amide bonds. The highest BCUT2D eigenvalue weighted by molar-refractivity contribution is 6.31. The molecule has 0 saturated carbocycles. The van der Waals surface area contributed by atoms with Gasteiger partial charge in [-0.3, -0.25) is 0 Å². The second kappa shape index (κ2) is 6.78. The lowest BCUT2D eigenvalue weighted by atomic mass is 9.94. The number of rotatable bonds is 5. The number of amides is 2. The maximum atomic E-state index is 12.0. The van der Waals surface area contributed by atoms with E-state index in [9.17, 15) is 9.90 Å². The van der Waals surface area contributed by atoms with E-state index in [2.05, 4.69) is 10.6 Å². The van der Waals surface area contributed by atoms with Crippen LogP contribution in [0.1, 0.15) is 32.3 Å². The standard InChI is InChI=1S/C14H21ClN2O2/c1-4-14(5-2,9-18)17-13(19)16-12-8-6-7-11(15)10(12)3/h6-8,18H,4-5,9H2,1-3H3,(H2,16,17,19). The van der Waals surface area contributed by atoms with Gasteiger partial charge in [-0.25, -0.2) is 4.79 Å². The number of urea groups is 1. The Morgan fingerprint density at radius 2 is 2.00 bits per heavy atom. The van der Waals surface area contributed by atoms with E-state index in [1.165, 1.54) is 0 Å². The van der Waals surface area contributed by atoms with Crippen LogP contribution in [0.25, 0.3) is 0 Å². The van der Waals surface area contributed by atoms with Crippen LogP contribution in [-0.2, 0) is 0 Å². The van der Waals surface area contributed by atoms with Crippen molar-refractivity contribution in [2.24, 2.45) is 0 Å². The molecule has 5 heteroatoms. The van der Waals surface area contributed by atoms with Gasteiger partial charge in [-0.1, -0.05) is 31.5 Å². The Bertz CT molecular complexity index is 437. The molecule has 0 bridgehead atoms. The van der Waals surface area contributed by atoms with Crippen LogP contribution in [0.2, 0.25) is 5.02 Å². The van der Waals surface area contributed by atoms with Gasteiger partial charge in [0.1, 0.15) is 0 Å². The van der Waals surface area contributed by atoms with E-state index in [0.717, 1.165) is 5.56 Å². The fourth-order valence-electron chi connectivity index (χ4n) is 1.83. The number of carbonyl (C=O) groups is 1. The minimum atomic E-state index is -0.573. The quantitative estimate of drug-likeness (QED) is 0.777. The first kappa shape index (κ1) is 15.8. The third kappa shape index (κ3) is 3.85. The van der Waals surface area contributed by atoms with E-state index in [0.29, 0.717) is 23.6 Å². The zero-order valence-corrected chi connectivity index (χ0v) is 12.3. The summed E-state index contributed by atoms with van der Waals surface area (Å²) in [5.41, 5.74) is 0.919. The fourth-order valence-corrected chi connectivity index (χ4v) is 2.00. The zero-order valence-electron chi connectivity index (χ0n) is 11.6. The van der Waals surface area contributed by atoms with Crippen molar-refractivity contribution >= 4 is 23.3 Å². The lowest BCUT2D eigenvalue weighted by molar-refractivity contribution is 0.155. The van der Waals surface area contributed by atoms with Gasteiger partial charge in [-0.15, -0.1) is 0 Å². The summed E-state index contributed by atoms with van der Waals surface area (Å²) >= 11 is 6.00. The number of hydrogen-bond donors (Lipinski definition) is 3. The first-order chi connectivity index (χ1) is 8.98. The Balaban J connectivity index is 2.78. The van der Waals surface area contributed by atoms with Gasteiger partial charge in [0, 0.05) is 10.7 Å². The van der Waals surface area contributed by atoms with Crippen LogP contribution >= 0.6 is 11.6 Å². The number of halogens is 1. The summed E-state index contributed by atoms with van der Waals surface area (Å²) in [5, 5.41) is 15.6. The van der Waals surface area contributed by atoms with E-state index >= 15 is 0 Å². The van der Waals surface area contributed by atoms with Gasteiger partial charge in [0.2, 0.25) is 0 Å². The van der Waals surface area contributed by atoms with E-state index in [-0.39, 0.29) is 12.6 Å². The van der Waals surface area contributed by atoms with Crippen molar-refractivity contribution in [2.75, 3.05) is 11.9 Å². The predicted octanol–water partition coefficient (Wildman–Crippen LogP) is 3.32. The summed E-state index contributed by atoms with van der Waals surface area (Å²) < 4.78 is 0. The number of carbonyl (C=O) groups excluding carboxylic acids is 1. The number of anilines is 1. The summed E-state index contributed by atoms with van der Waals surface area (Å²) in [7, 11) is 0. The summed E-state index contributed by atoms with van der Waals surface area (Å²) in [6.45, 7) is 5.63. The molecule has 4 nitrogen and oxygen atoms in total. The van der Waals surface area contributed by atoms with E-state index < -0.39 is 5.54 Å². The van der Waals surface area contributed by atoms with Gasteiger partial charge in [-0.2, -0.15) is 0 Å². The van der Waals surface area contributed by atoms with Crippen molar-refractivity contribution in [1.82, 2.24) is 5.32 Å². The molecule has 0 aromatic heterocycles. The van der Waals surface area contributed by atoms with Gasteiger partial charge in [0.25, 0.3) is 0 Å². The van der Waals surface area contributed by atoms with Crippen molar-refractivity contribution in [1.29, 1.82) is 0 Å². The average molecular weight is 285 g/mol. The summed E-state index contributed by atoms with van der Waals surface area (Å²) in [6, 6.07) is 5.02. The van der Waals surface area contributed by atoms with Gasteiger partial charge >= 0.3 is 6.03 Å². The van der Waals surface area contributed by atoms with Crippen LogP contribution < -0.4 is 10.6 Å². The fraction of sp³-hybridized carbons (Fsp3) is 0.500. The molecule has 0 heterocycles. The molecule has 3 N–H and O–H groups in total.